The van der Waals surface area contributed by atoms with Gasteiger partial charge in [0, 0.05) is 11.4 Å². The molecule has 0 aliphatic rings. The predicted molar refractivity (Wildman–Crippen MR) is 89.3 cm³/mol. The monoisotopic (exact) mass is 413 g/mol. The number of amides is 1. The summed E-state index contributed by atoms with van der Waals surface area (Å²) >= 11 is 6.52. The van der Waals surface area contributed by atoms with Crippen LogP contribution in [0.4, 0.5) is 4.39 Å². The Morgan fingerprint density at radius 2 is 1.86 bits per heavy atom. The van der Waals surface area contributed by atoms with Crippen molar-refractivity contribution in [2.24, 2.45) is 0 Å². The molecule has 0 fully saturated rings. The van der Waals surface area contributed by atoms with Crippen LogP contribution in [0.5, 0.6) is 0 Å². The van der Waals surface area contributed by atoms with Crippen LogP contribution in [-0.2, 0) is 6.42 Å². The summed E-state index contributed by atoms with van der Waals surface area (Å²) in [5.74, 6) is -0.733. The maximum atomic E-state index is 13.5. The van der Waals surface area contributed by atoms with Crippen molar-refractivity contribution < 1.29 is 9.18 Å². The average molecular weight is 415 g/mol. The lowest BCUT2D eigenvalue weighted by molar-refractivity contribution is 0.0939. The SMILES string of the molecule is O=C(NC(CBr)Cc1ccccc1)c1cccc(F)c1Br. The van der Waals surface area contributed by atoms with Gasteiger partial charge in [0.2, 0.25) is 0 Å². The first-order valence-electron chi connectivity index (χ1n) is 6.46. The third-order valence-corrected chi connectivity index (χ3v) is 4.63. The molecule has 5 heteroatoms. The van der Waals surface area contributed by atoms with Crippen LogP contribution in [0.25, 0.3) is 0 Å². The van der Waals surface area contributed by atoms with Gasteiger partial charge in [0.05, 0.1) is 10.0 Å². The zero-order chi connectivity index (χ0) is 15.2. The van der Waals surface area contributed by atoms with E-state index in [1.165, 1.54) is 12.1 Å². The summed E-state index contributed by atoms with van der Waals surface area (Å²) in [6, 6.07) is 14.3. The normalized spacial score (nSPS) is 12.0. The van der Waals surface area contributed by atoms with E-state index in [9.17, 15) is 9.18 Å². The molecule has 0 bridgehead atoms. The first kappa shape index (κ1) is 16.2. The maximum absolute atomic E-state index is 13.5. The molecule has 2 nitrogen and oxygen atoms in total. The summed E-state index contributed by atoms with van der Waals surface area (Å²) in [5, 5.41) is 3.54. The van der Waals surface area contributed by atoms with Gasteiger partial charge in [0.15, 0.2) is 0 Å². The van der Waals surface area contributed by atoms with Gasteiger partial charge in [-0.25, -0.2) is 4.39 Å². The second-order valence-electron chi connectivity index (χ2n) is 4.62. The second kappa shape index (κ2) is 7.71. The minimum atomic E-state index is -0.443. The average Bonchev–Trinajstić information content (AvgIpc) is 2.50. The maximum Gasteiger partial charge on any atom is 0.252 e. The van der Waals surface area contributed by atoms with Crippen molar-refractivity contribution >= 4 is 37.8 Å². The highest BCUT2D eigenvalue weighted by Gasteiger charge is 2.17. The molecule has 110 valence electrons. The van der Waals surface area contributed by atoms with E-state index >= 15 is 0 Å². The van der Waals surface area contributed by atoms with E-state index in [-0.39, 0.29) is 16.4 Å². The van der Waals surface area contributed by atoms with Crippen molar-refractivity contribution in [2.75, 3.05) is 5.33 Å². The van der Waals surface area contributed by atoms with Crippen molar-refractivity contribution in [1.29, 1.82) is 0 Å². The van der Waals surface area contributed by atoms with Crippen LogP contribution in [0.1, 0.15) is 15.9 Å². The van der Waals surface area contributed by atoms with E-state index in [0.29, 0.717) is 17.3 Å². The topological polar surface area (TPSA) is 29.1 Å². The highest BCUT2D eigenvalue weighted by Crippen LogP contribution is 2.20. The lowest BCUT2D eigenvalue weighted by Crippen LogP contribution is -2.37. The van der Waals surface area contributed by atoms with E-state index in [2.05, 4.69) is 37.2 Å². The molecule has 2 aromatic carbocycles. The number of carbonyl (C=O) groups is 1. The molecule has 0 aromatic heterocycles. The summed E-state index contributed by atoms with van der Waals surface area (Å²) in [5.41, 5.74) is 1.44. The molecule has 1 N–H and O–H groups in total. The minimum Gasteiger partial charge on any atom is -0.348 e. The number of benzene rings is 2. The van der Waals surface area contributed by atoms with Crippen LogP contribution in [0.2, 0.25) is 0 Å². The van der Waals surface area contributed by atoms with Gasteiger partial charge in [0.1, 0.15) is 5.82 Å². The molecule has 0 spiro atoms. The molecule has 2 aromatic rings. The molecule has 0 radical (unpaired) electrons. The zero-order valence-electron chi connectivity index (χ0n) is 11.2. The minimum absolute atomic E-state index is 0.0601. The van der Waals surface area contributed by atoms with Crippen molar-refractivity contribution in [2.45, 2.75) is 12.5 Å². The number of halogens is 3. The quantitative estimate of drug-likeness (QED) is 0.725. The van der Waals surface area contributed by atoms with Gasteiger partial charge in [-0.15, -0.1) is 0 Å². The Kier molecular flexibility index (Phi) is 5.94. The fraction of sp³-hybridized carbons (Fsp3) is 0.188. The molecule has 0 saturated heterocycles. The van der Waals surface area contributed by atoms with E-state index in [0.717, 1.165) is 5.56 Å². The molecule has 1 unspecified atom stereocenters. The second-order valence-corrected chi connectivity index (χ2v) is 6.06. The first-order valence-corrected chi connectivity index (χ1v) is 8.38. The van der Waals surface area contributed by atoms with Crippen LogP contribution >= 0.6 is 31.9 Å². The van der Waals surface area contributed by atoms with Crippen LogP contribution < -0.4 is 5.32 Å². The highest BCUT2D eigenvalue weighted by molar-refractivity contribution is 9.10. The standard InChI is InChI=1S/C16H14Br2FNO/c17-10-12(9-11-5-2-1-3-6-11)20-16(21)13-7-4-8-14(19)15(13)18/h1-8,12H,9-10H2,(H,20,21). The Bertz CT molecular complexity index is 619. The molecular weight excluding hydrogens is 401 g/mol. The Hall–Kier alpha value is -1.20. The predicted octanol–water partition coefficient (Wildman–Crippen LogP) is 4.32. The smallest absolute Gasteiger partial charge is 0.252 e. The summed E-state index contributed by atoms with van der Waals surface area (Å²) in [4.78, 5) is 12.2. The van der Waals surface area contributed by atoms with Gasteiger partial charge >= 0.3 is 0 Å². The lowest BCUT2D eigenvalue weighted by atomic mass is 10.1. The summed E-state index contributed by atoms with van der Waals surface area (Å²) < 4.78 is 13.7. The van der Waals surface area contributed by atoms with Crippen LogP contribution in [0.15, 0.2) is 53.0 Å². The summed E-state index contributed by atoms with van der Waals surface area (Å²) in [6.45, 7) is 0. The molecule has 2 rings (SSSR count). The third kappa shape index (κ3) is 4.38. The van der Waals surface area contributed by atoms with Crippen molar-refractivity contribution in [1.82, 2.24) is 5.32 Å². The summed E-state index contributed by atoms with van der Waals surface area (Å²) in [6.07, 6.45) is 0.713. The molecule has 21 heavy (non-hydrogen) atoms. The van der Waals surface area contributed by atoms with Crippen molar-refractivity contribution in [3.63, 3.8) is 0 Å². The molecule has 0 saturated carbocycles. The largest absolute Gasteiger partial charge is 0.348 e. The van der Waals surface area contributed by atoms with E-state index in [1.807, 2.05) is 30.3 Å². The van der Waals surface area contributed by atoms with Crippen LogP contribution in [-0.4, -0.2) is 17.3 Å². The number of nitrogens with one attached hydrogen (secondary N) is 1. The van der Waals surface area contributed by atoms with Crippen LogP contribution in [0.3, 0.4) is 0 Å². The van der Waals surface area contributed by atoms with E-state index < -0.39 is 5.82 Å². The molecular formula is C16H14Br2FNO. The number of rotatable bonds is 5. The molecule has 1 atom stereocenters. The molecule has 0 aliphatic carbocycles. The summed E-state index contributed by atoms with van der Waals surface area (Å²) in [7, 11) is 0. The van der Waals surface area contributed by atoms with Gasteiger partial charge in [-0.3, -0.25) is 4.79 Å². The van der Waals surface area contributed by atoms with Crippen molar-refractivity contribution in [3.8, 4) is 0 Å². The number of hydrogen-bond acceptors (Lipinski definition) is 1. The molecule has 0 aliphatic heterocycles. The Labute approximate surface area is 140 Å². The Morgan fingerprint density at radius 1 is 1.14 bits per heavy atom. The highest BCUT2D eigenvalue weighted by atomic mass is 79.9. The van der Waals surface area contributed by atoms with Gasteiger partial charge in [-0.2, -0.15) is 0 Å². The number of alkyl halides is 1. The molecule has 1 amide bonds. The van der Waals surface area contributed by atoms with Crippen LogP contribution in [0, 0.1) is 5.82 Å². The van der Waals surface area contributed by atoms with Gasteiger partial charge in [-0.1, -0.05) is 52.3 Å². The molecule has 0 heterocycles. The first-order chi connectivity index (χ1) is 10.1. The fourth-order valence-electron chi connectivity index (χ4n) is 1.99. The van der Waals surface area contributed by atoms with Gasteiger partial charge in [-0.05, 0) is 40.0 Å². The van der Waals surface area contributed by atoms with E-state index in [1.54, 1.807) is 6.07 Å². The van der Waals surface area contributed by atoms with Crippen molar-refractivity contribution in [3.05, 3.63) is 69.9 Å². The van der Waals surface area contributed by atoms with Gasteiger partial charge in [0.25, 0.3) is 5.91 Å². The third-order valence-electron chi connectivity index (χ3n) is 3.04. The lowest BCUT2D eigenvalue weighted by Gasteiger charge is -2.17. The Morgan fingerprint density at radius 3 is 2.52 bits per heavy atom. The number of hydrogen-bond donors (Lipinski definition) is 1. The Balaban J connectivity index is 2.08. The zero-order valence-corrected chi connectivity index (χ0v) is 14.3. The van der Waals surface area contributed by atoms with E-state index in [4.69, 9.17) is 0 Å². The fourth-order valence-corrected chi connectivity index (χ4v) is 2.82. The van der Waals surface area contributed by atoms with Gasteiger partial charge < -0.3 is 5.32 Å². The number of carbonyl (C=O) groups excluding carboxylic acids is 1.